The fourth-order valence-corrected chi connectivity index (χ4v) is 10.3. The lowest BCUT2D eigenvalue weighted by molar-refractivity contribution is -0.155. The molecular weight excluding hydrogens is 929 g/mol. The van der Waals surface area contributed by atoms with Crippen molar-refractivity contribution in [1.29, 1.82) is 0 Å². The number of phenolic OH excluding ortho intramolecular Hbond substituents is 1. The van der Waals surface area contributed by atoms with Gasteiger partial charge in [-0.2, -0.15) is 0 Å². The van der Waals surface area contributed by atoms with E-state index in [1.807, 2.05) is 24.4 Å². The van der Waals surface area contributed by atoms with Crippen molar-refractivity contribution < 1.29 is 43.3 Å². The average molecular weight is 1000 g/mol. The van der Waals surface area contributed by atoms with Gasteiger partial charge in [-0.05, 0) is 108 Å². The van der Waals surface area contributed by atoms with Gasteiger partial charge in [-0.3, -0.25) is 34.0 Å². The molecule has 4 amide bonds. The number of amides is 4. The Hall–Kier alpha value is -6.82. The summed E-state index contributed by atoms with van der Waals surface area (Å²) < 4.78 is 19.3. The molecule has 5 atom stereocenters. The lowest BCUT2D eigenvalue weighted by Gasteiger charge is -2.37. The molecule has 2 aromatic heterocycles. The highest BCUT2D eigenvalue weighted by Crippen LogP contribution is 2.41. The number of nitrogens with two attached hydrogens (primary N) is 1. The van der Waals surface area contributed by atoms with Gasteiger partial charge in [0.05, 0.1) is 38.5 Å². The van der Waals surface area contributed by atoms with Crippen LogP contribution in [-0.2, 0) is 59.4 Å². The van der Waals surface area contributed by atoms with Crippen molar-refractivity contribution in [3.05, 3.63) is 101 Å². The second kappa shape index (κ2) is 22.9. The molecule has 390 valence electrons. The van der Waals surface area contributed by atoms with Gasteiger partial charge in [0.25, 0.3) is 5.91 Å². The Morgan fingerprint density at radius 1 is 1.01 bits per heavy atom. The Morgan fingerprint density at radius 3 is 2.44 bits per heavy atom. The molecule has 5 aromatic rings. The van der Waals surface area contributed by atoms with E-state index in [1.165, 1.54) is 28.9 Å². The smallest absolute Gasteiger partial charge is 0.324 e. The van der Waals surface area contributed by atoms with E-state index < -0.39 is 65.1 Å². The highest BCUT2D eigenvalue weighted by molar-refractivity contribution is 5.96. The Bertz CT molecular complexity index is 2830. The van der Waals surface area contributed by atoms with E-state index in [9.17, 15) is 29.1 Å². The minimum Gasteiger partial charge on any atom is -0.508 e. The van der Waals surface area contributed by atoms with Crippen molar-refractivity contribution in [2.24, 2.45) is 23.0 Å². The number of hydrazine groups is 1. The number of pyridine rings is 1. The van der Waals surface area contributed by atoms with Crippen LogP contribution in [0, 0.1) is 17.3 Å². The number of ether oxygens (including phenoxy) is 3. The first kappa shape index (κ1) is 54.0. The minimum absolute atomic E-state index is 0.0329. The molecule has 6 bridgehead atoms. The molecule has 0 saturated carbocycles. The van der Waals surface area contributed by atoms with Crippen LogP contribution >= 0.6 is 0 Å². The standard InChI is InChI=1S/C56H72N8O9/c1-11-63-47-19-16-37-27-42(47)43(51(63)44-29-58-21-20-38(44)31-71-9)28-56(5,6)32-73-55(70)45-13-12-22-64(60-45)54(69)46(25-35-23-39(37)26-40(65)24-35)59-52(67)50(33(2)3)62(8)48(66)30-61(7)53(68)34(4)49(57)36-14-17-41(72-10)18-15-36/h14-21,23-24,26-27,29,33-34,45-46,49-50,60,65H,11-13,22,25,28,30-32,57H2,1-10H3,(H,59,67)/t34-,45-,46-,49-,50-/m0/s1. The van der Waals surface area contributed by atoms with Gasteiger partial charge in [0, 0.05) is 81.0 Å². The number of methoxy groups -OCH3 is 2. The third-order valence-corrected chi connectivity index (χ3v) is 14.2. The number of cyclic esters (lactones) is 1. The largest absolute Gasteiger partial charge is 0.508 e. The molecule has 7 rings (SSSR count). The topological polar surface area (TPSA) is 211 Å². The zero-order valence-corrected chi connectivity index (χ0v) is 43.9. The lowest BCUT2D eigenvalue weighted by Crippen LogP contribution is -2.62. The summed E-state index contributed by atoms with van der Waals surface area (Å²) >= 11 is 0. The molecule has 5 N–H and O–H groups in total. The molecule has 0 radical (unpaired) electrons. The molecule has 3 aromatic carbocycles. The number of benzene rings is 3. The summed E-state index contributed by atoms with van der Waals surface area (Å²) in [4.78, 5) is 78.2. The summed E-state index contributed by atoms with van der Waals surface area (Å²) in [5.74, 6) is -2.94. The zero-order valence-electron chi connectivity index (χ0n) is 43.9. The van der Waals surface area contributed by atoms with Crippen LogP contribution in [-0.4, -0.2) is 125 Å². The zero-order chi connectivity index (χ0) is 52.9. The second-order valence-electron chi connectivity index (χ2n) is 20.7. The first-order valence-electron chi connectivity index (χ1n) is 25.1. The number of aromatic nitrogens is 2. The van der Waals surface area contributed by atoms with E-state index in [1.54, 1.807) is 77.6 Å². The number of phenols is 1. The molecule has 0 aliphatic carbocycles. The normalized spacial score (nSPS) is 18.3. The number of hydrogen-bond acceptors (Lipinski definition) is 12. The number of nitrogens with zero attached hydrogens (tertiary/aromatic N) is 5. The number of nitrogens with one attached hydrogen (secondary N) is 2. The van der Waals surface area contributed by atoms with E-state index in [-0.39, 0.29) is 37.8 Å². The molecule has 17 nitrogen and oxygen atoms in total. The summed E-state index contributed by atoms with van der Waals surface area (Å²) in [6, 6.07) is 16.7. The van der Waals surface area contributed by atoms with E-state index in [4.69, 9.17) is 19.9 Å². The number of hydrogen-bond donors (Lipinski definition) is 4. The molecule has 1 fully saturated rings. The van der Waals surface area contributed by atoms with Crippen molar-refractivity contribution in [1.82, 2.24) is 35.1 Å². The molecule has 73 heavy (non-hydrogen) atoms. The molecule has 4 heterocycles. The van der Waals surface area contributed by atoms with Crippen LogP contribution in [0.4, 0.5) is 0 Å². The fraction of sp³-hybridized carbons (Fsp3) is 0.464. The molecule has 0 spiro atoms. The maximum Gasteiger partial charge on any atom is 0.324 e. The Morgan fingerprint density at radius 2 is 1.75 bits per heavy atom. The van der Waals surface area contributed by atoms with Crippen molar-refractivity contribution in [2.75, 3.05) is 48.0 Å². The SMILES string of the molecule is CCn1c(-c2cnccc2COC)c2c3cc(ccc31)-c1cc(O)cc(c1)C[C@H](NC(=O)[C@H](C(C)C)N(C)C(=O)CN(C)C(=O)[C@@H](C)[C@H](N)c1ccc(OC)cc1)C(=O)N1CCC[C@H](N1)C(=O)OCC(C)(C)C2. The van der Waals surface area contributed by atoms with Gasteiger partial charge in [-0.15, -0.1) is 0 Å². The summed E-state index contributed by atoms with van der Waals surface area (Å²) in [5.41, 5.74) is 16.8. The van der Waals surface area contributed by atoms with Crippen LogP contribution in [0.15, 0.2) is 79.1 Å². The number of carbonyl (C=O) groups excluding carboxylic acids is 5. The maximum absolute atomic E-state index is 14.8. The second-order valence-corrected chi connectivity index (χ2v) is 20.7. The van der Waals surface area contributed by atoms with Crippen LogP contribution in [0.5, 0.6) is 11.5 Å². The van der Waals surface area contributed by atoms with Gasteiger partial charge in [-0.25, -0.2) is 5.43 Å². The fourth-order valence-electron chi connectivity index (χ4n) is 10.3. The average Bonchev–Trinajstić information content (AvgIpc) is 3.67. The van der Waals surface area contributed by atoms with E-state index >= 15 is 0 Å². The minimum atomic E-state index is -1.22. The number of likely N-dealkylation sites (N-methyl/N-ethyl adjacent to an activating group) is 2. The van der Waals surface area contributed by atoms with E-state index in [0.717, 1.165) is 44.4 Å². The predicted octanol–water partition coefficient (Wildman–Crippen LogP) is 6.18. The van der Waals surface area contributed by atoms with Gasteiger partial charge >= 0.3 is 5.97 Å². The number of fused-ring (bicyclic) bond motifs is 6. The molecule has 1 saturated heterocycles. The van der Waals surface area contributed by atoms with E-state index in [0.29, 0.717) is 49.3 Å². The van der Waals surface area contributed by atoms with Gasteiger partial charge in [0.1, 0.15) is 29.6 Å². The van der Waals surface area contributed by atoms with E-state index in [2.05, 4.69) is 53.2 Å². The van der Waals surface area contributed by atoms with Crippen molar-refractivity contribution >= 4 is 40.5 Å². The maximum atomic E-state index is 14.8. The third kappa shape index (κ3) is 12.0. The number of esters is 1. The van der Waals surface area contributed by atoms with Crippen LogP contribution in [0.3, 0.4) is 0 Å². The van der Waals surface area contributed by atoms with Crippen LogP contribution in [0.25, 0.3) is 33.3 Å². The van der Waals surface area contributed by atoms with Gasteiger partial charge < -0.3 is 44.7 Å². The summed E-state index contributed by atoms with van der Waals surface area (Å²) in [5, 5.41) is 16.7. The summed E-state index contributed by atoms with van der Waals surface area (Å²) in [7, 11) is 6.25. The monoisotopic (exact) mass is 1000 g/mol. The van der Waals surface area contributed by atoms with Crippen molar-refractivity contribution in [3.63, 3.8) is 0 Å². The predicted molar refractivity (Wildman–Crippen MR) is 279 cm³/mol. The number of aryl methyl sites for hydroxylation is 1. The quantitative estimate of drug-likeness (QED) is 0.0920. The van der Waals surface area contributed by atoms with Crippen LogP contribution in [0.1, 0.15) is 82.7 Å². The highest BCUT2D eigenvalue weighted by Gasteiger charge is 2.38. The molecule has 2 aliphatic rings. The molecule has 17 heteroatoms. The van der Waals surface area contributed by atoms with Crippen molar-refractivity contribution in [2.45, 2.75) is 105 Å². The summed E-state index contributed by atoms with van der Waals surface area (Å²) in [6.07, 6.45) is 5.01. The summed E-state index contributed by atoms with van der Waals surface area (Å²) in [6.45, 7) is 12.6. The Balaban J connectivity index is 1.22. The number of carbonyl (C=O) groups is 5. The number of aromatic hydroxyl groups is 1. The van der Waals surface area contributed by atoms with Gasteiger partial charge in [-0.1, -0.05) is 58.9 Å². The molecular formula is C56H72N8O9. The Labute approximate surface area is 428 Å². The first-order chi connectivity index (χ1) is 34.7. The van der Waals surface area contributed by atoms with Crippen molar-refractivity contribution in [3.8, 4) is 33.9 Å². The lowest BCUT2D eigenvalue weighted by atomic mass is 9.84. The molecule has 0 unspecified atom stereocenters. The van der Waals surface area contributed by atoms with Crippen LogP contribution < -0.4 is 21.2 Å². The van der Waals surface area contributed by atoms with Crippen LogP contribution in [0.2, 0.25) is 0 Å². The highest BCUT2D eigenvalue weighted by atomic mass is 16.5. The first-order valence-corrected chi connectivity index (χ1v) is 25.1. The van der Waals surface area contributed by atoms with Gasteiger partial charge in [0.2, 0.25) is 17.7 Å². The number of rotatable bonds is 14. The Kier molecular flexibility index (Phi) is 17.0. The van der Waals surface area contributed by atoms with Gasteiger partial charge in [0.15, 0.2) is 0 Å². The molecule has 2 aliphatic heterocycles. The third-order valence-electron chi connectivity index (χ3n) is 14.2.